The van der Waals surface area contributed by atoms with Crippen molar-refractivity contribution in [2.75, 3.05) is 0 Å². The molecular formula is C21H26F2O4. The number of hydrogen-bond donors (Lipinski definition) is 1. The molecule has 4 bridgehead atoms. The van der Waals surface area contributed by atoms with Crippen LogP contribution >= 0.6 is 0 Å². The van der Waals surface area contributed by atoms with Gasteiger partial charge < -0.3 is 14.6 Å². The Labute approximate surface area is 157 Å². The molecule has 1 N–H and O–H groups in total. The highest BCUT2D eigenvalue weighted by atomic mass is 19.1. The van der Waals surface area contributed by atoms with Crippen molar-refractivity contribution < 1.29 is 28.2 Å². The van der Waals surface area contributed by atoms with Gasteiger partial charge in [0.15, 0.2) is 17.4 Å². The molecule has 4 fully saturated rings. The first-order valence-corrected chi connectivity index (χ1v) is 9.81. The minimum Gasteiger partial charge on any atom is -0.478 e. The molecule has 6 heteroatoms. The number of benzene rings is 1. The van der Waals surface area contributed by atoms with Crippen molar-refractivity contribution in [3.63, 3.8) is 0 Å². The van der Waals surface area contributed by atoms with Crippen LogP contribution in [0.2, 0.25) is 0 Å². The Morgan fingerprint density at radius 3 is 1.96 bits per heavy atom. The highest BCUT2D eigenvalue weighted by Crippen LogP contribution is 2.57. The van der Waals surface area contributed by atoms with Gasteiger partial charge in [-0.15, -0.1) is 0 Å². The number of carbonyl (C=O) groups is 1. The van der Waals surface area contributed by atoms with Crippen molar-refractivity contribution in [1.82, 2.24) is 0 Å². The fourth-order valence-electron chi connectivity index (χ4n) is 5.63. The fourth-order valence-corrected chi connectivity index (χ4v) is 5.63. The van der Waals surface area contributed by atoms with Crippen LogP contribution in [0.3, 0.4) is 0 Å². The topological polar surface area (TPSA) is 55.8 Å². The zero-order valence-corrected chi connectivity index (χ0v) is 15.7. The average molecular weight is 380 g/mol. The van der Waals surface area contributed by atoms with Crippen LogP contribution in [0.1, 0.15) is 62.7 Å². The number of carboxylic acids is 1. The van der Waals surface area contributed by atoms with Gasteiger partial charge in [-0.25, -0.2) is 13.6 Å². The summed E-state index contributed by atoms with van der Waals surface area (Å²) in [5.74, 6) is -2.03. The Morgan fingerprint density at radius 2 is 1.56 bits per heavy atom. The summed E-state index contributed by atoms with van der Waals surface area (Å²) in [5, 5.41) is 8.94. The van der Waals surface area contributed by atoms with Crippen LogP contribution in [-0.2, 0) is 4.74 Å². The summed E-state index contributed by atoms with van der Waals surface area (Å²) in [6.07, 6.45) is 6.03. The minimum atomic E-state index is -1.38. The Morgan fingerprint density at radius 1 is 1.07 bits per heavy atom. The molecule has 0 aliphatic heterocycles. The Hall–Kier alpha value is -1.69. The second-order valence-corrected chi connectivity index (χ2v) is 9.02. The number of ether oxygens (including phenoxy) is 2. The standard InChI is InChI=1S/C21H26F2O4/c1-11(2)20(26-18-16(22)6-15(19(24)25)7-17(18)23)27-21-8-12-3-13(9-21)5-14(4-12)10-21/h6-7,11-14,20H,3-5,8-10H2,1-2H3,(H,24,25). The van der Waals surface area contributed by atoms with E-state index in [1.807, 2.05) is 13.8 Å². The molecule has 0 aromatic heterocycles. The Bertz CT molecular complexity index is 687. The monoisotopic (exact) mass is 380 g/mol. The van der Waals surface area contributed by atoms with E-state index >= 15 is 0 Å². The third-order valence-corrected chi connectivity index (χ3v) is 6.37. The van der Waals surface area contributed by atoms with Gasteiger partial charge in [-0.05, 0) is 68.4 Å². The van der Waals surface area contributed by atoms with Gasteiger partial charge in [0.1, 0.15) is 0 Å². The summed E-state index contributed by atoms with van der Waals surface area (Å²) in [5.41, 5.74) is -0.696. The van der Waals surface area contributed by atoms with Crippen LogP contribution in [0.5, 0.6) is 5.75 Å². The van der Waals surface area contributed by atoms with E-state index < -0.39 is 35.2 Å². The van der Waals surface area contributed by atoms with Gasteiger partial charge in [0.05, 0.1) is 11.2 Å². The third kappa shape index (κ3) is 3.56. The van der Waals surface area contributed by atoms with Crippen molar-refractivity contribution in [2.24, 2.45) is 23.7 Å². The second kappa shape index (κ2) is 6.73. The van der Waals surface area contributed by atoms with Crippen LogP contribution < -0.4 is 4.74 Å². The summed E-state index contributed by atoms with van der Waals surface area (Å²) in [4.78, 5) is 11.0. The summed E-state index contributed by atoms with van der Waals surface area (Å²) >= 11 is 0. The summed E-state index contributed by atoms with van der Waals surface area (Å²) < 4.78 is 40.7. The summed E-state index contributed by atoms with van der Waals surface area (Å²) in [6, 6.07) is 1.56. The summed E-state index contributed by atoms with van der Waals surface area (Å²) in [6.45, 7) is 3.79. The van der Waals surface area contributed by atoms with Crippen LogP contribution in [0.15, 0.2) is 12.1 Å². The first-order valence-electron chi connectivity index (χ1n) is 9.81. The molecule has 4 aliphatic carbocycles. The predicted molar refractivity (Wildman–Crippen MR) is 94.6 cm³/mol. The molecule has 0 spiro atoms. The molecule has 148 valence electrons. The van der Waals surface area contributed by atoms with Crippen molar-refractivity contribution in [2.45, 2.75) is 64.3 Å². The minimum absolute atomic E-state index is 0.101. The van der Waals surface area contributed by atoms with Gasteiger partial charge >= 0.3 is 5.97 Å². The largest absolute Gasteiger partial charge is 0.478 e. The highest BCUT2D eigenvalue weighted by Gasteiger charge is 2.53. The number of hydrogen-bond acceptors (Lipinski definition) is 3. The fraction of sp³-hybridized carbons (Fsp3) is 0.667. The molecular weight excluding hydrogens is 354 g/mol. The Kier molecular flexibility index (Phi) is 4.65. The number of rotatable bonds is 6. The van der Waals surface area contributed by atoms with Crippen molar-refractivity contribution in [3.05, 3.63) is 29.3 Å². The average Bonchev–Trinajstić information content (AvgIpc) is 2.55. The maximum absolute atomic E-state index is 14.3. The zero-order chi connectivity index (χ0) is 19.3. The van der Waals surface area contributed by atoms with Crippen LogP contribution in [0, 0.1) is 35.3 Å². The van der Waals surface area contributed by atoms with Crippen LogP contribution in [0.4, 0.5) is 8.78 Å². The third-order valence-electron chi connectivity index (χ3n) is 6.37. The van der Waals surface area contributed by atoms with Gasteiger partial charge in [0.25, 0.3) is 0 Å². The molecule has 0 heterocycles. The summed E-state index contributed by atoms with van der Waals surface area (Å²) in [7, 11) is 0. The van der Waals surface area contributed by atoms with Gasteiger partial charge in [0.2, 0.25) is 6.29 Å². The smallest absolute Gasteiger partial charge is 0.335 e. The SMILES string of the molecule is CC(C)C(Oc1c(F)cc(C(=O)O)cc1F)OC12CC3CC(CC(C3)C1)C2. The second-order valence-electron chi connectivity index (χ2n) is 9.02. The first kappa shape index (κ1) is 18.7. The maximum Gasteiger partial charge on any atom is 0.335 e. The maximum atomic E-state index is 14.3. The molecule has 27 heavy (non-hydrogen) atoms. The van der Waals surface area contributed by atoms with Crippen LogP contribution in [0.25, 0.3) is 0 Å². The molecule has 1 unspecified atom stereocenters. The van der Waals surface area contributed by atoms with E-state index in [9.17, 15) is 13.6 Å². The lowest BCUT2D eigenvalue weighted by atomic mass is 9.54. The van der Waals surface area contributed by atoms with Crippen molar-refractivity contribution in [1.29, 1.82) is 0 Å². The molecule has 1 aromatic carbocycles. The highest BCUT2D eigenvalue weighted by molar-refractivity contribution is 5.87. The van der Waals surface area contributed by atoms with Gasteiger partial charge in [-0.1, -0.05) is 13.8 Å². The molecule has 0 saturated heterocycles. The Balaban J connectivity index is 1.55. The predicted octanol–water partition coefficient (Wildman–Crippen LogP) is 5.01. The van der Waals surface area contributed by atoms with Gasteiger partial charge in [-0.3, -0.25) is 0 Å². The van der Waals surface area contributed by atoms with E-state index in [4.69, 9.17) is 14.6 Å². The van der Waals surface area contributed by atoms with E-state index in [1.165, 1.54) is 19.3 Å². The molecule has 4 aliphatic rings. The normalized spacial score (nSPS) is 32.7. The van der Waals surface area contributed by atoms with E-state index in [2.05, 4.69) is 0 Å². The lowest BCUT2D eigenvalue weighted by Crippen LogP contribution is -2.54. The van der Waals surface area contributed by atoms with Gasteiger partial charge in [-0.2, -0.15) is 0 Å². The quantitative estimate of drug-likeness (QED) is 0.705. The van der Waals surface area contributed by atoms with E-state index in [0.717, 1.165) is 31.4 Å². The number of halogens is 2. The van der Waals surface area contributed by atoms with Gasteiger partial charge in [0, 0.05) is 5.92 Å². The molecule has 1 aromatic rings. The first-order chi connectivity index (χ1) is 12.7. The lowest BCUT2D eigenvalue weighted by molar-refractivity contribution is -0.244. The molecule has 4 saturated carbocycles. The van der Waals surface area contributed by atoms with Crippen molar-refractivity contribution in [3.8, 4) is 5.75 Å². The molecule has 0 radical (unpaired) electrons. The molecule has 5 rings (SSSR count). The lowest BCUT2D eigenvalue weighted by Gasteiger charge is -2.57. The number of aromatic carboxylic acids is 1. The van der Waals surface area contributed by atoms with Crippen LogP contribution in [-0.4, -0.2) is 23.0 Å². The van der Waals surface area contributed by atoms with E-state index in [1.54, 1.807) is 0 Å². The zero-order valence-electron chi connectivity index (χ0n) is 15.7. The van der Waals surface area contributed by atoms with Crippen molar-refractivity contribution >= 4 is 5.97 Å². The van der Waals surface area contributed by atoms with E-state index in [0.29, 0.717) is 17.8 Å². The number of carboxylic acid groups (broad SMARTS) is 1. The molecule has 1 atom stereocenters. The van der Waals surface area contributed by atoms with E-state index in [-0.39, 0.29) is 11.5 Å². The molecule has 0 amide bonds. The molecule has 4 nitrogen and oxygen atoms in total.